The van der Waals surface area contributed by atoms with Crippen molar-refractivity contribution in [3.05, 3.63) is 53.0 Å². The summed E-state index contributed by atoms with van der Waals surface area (Å²) >= 11 is 1.66. The van der Waals surface area contributed by atoms with Gasteiger partial charge in [-0.3, -0.25) is 4.90 Å². The third kappa shape index (κ3) is 3.28. The molecule has 4 aliphatic rings. The molecule has 0 aliphatic carbocycles. The Kier molecular flexibility index (Phi) is 4.75. The highest BCUT2D eigenvalue weighted by atomic mass is 32.1. The monoisotopic (exact) mass is 392 g/mol. The molecule has 2 bridgehead atoms. The van der Waals surface area contributed by atoms with E-state index in [0.29, 0.717) is 11.8 Å². The van der Waals surface area contributed by atoms with Gasteiger partial charge < -0.3 is 5.11 Å². The molecule has 5 heterocycles. The van der Waals surface area contributed by atoms with Crippen LogP contribution in [0.4, 0.5) is 0 Å². The number of aliphatic hydroxyl groups excluding tert-OH is 1. The summed E-state index contributed by atoms with van der Waals surface area (Å²) in [6, 6.07) is 12.9. The molecule has 6 rings (SSSR count). The van der Waals surface area contributed by atoms with E-state index in [2.05, 4.69) is 59.3 Å². The van der Waals surface area contributed by atoms with E-state index < -0.39 is 0 Å². The molecule has 0 saturated carbocycles. The van der Waals surface area contributed by atoms with Crippen LogP contribution in [0.1, 0.15) is 30.2 Å². The van der Waals surface area contributed by atoms with E-state index in [1.165, 1.54) is 53.2 Å². The predicted octanol–water partition coefficient (Wildman–Crippen LogP) is 4.06. The zero-order chi connectivity index (χ0) is 19.1. The van der Waals surface area contributed by atoms with Crippen LogP contribution in [0.15, 0.2) is 47.7 Å². The van der Waals surface area contributed by atoms with Gasteiger partial charge in [-0.25, -0.2) is 0 Å². The molecule has 4 nitrogen and oxygen atoms in total. The third-order valence-electron chi connectivity index (χ3n) is 6.20. The van der Waals surface area contributed by atoms with Crippen LogP contribution in [0.5, 0.6) is 0 Å². The average Bonchev–Trinajstić information content (AvgIpc) is 3.24. The zero-order valence-electron chi connectivity index (χ0n) is 16.2. The molecule has 0 radical (unpaired) electrons. The Morgan fingerprint density at radius 1 is 1.18 bits per heavy atom. The molecule has 0 spiro atoms. The van der Waals surface area contributed by atoms with Gasteiger partial charge in [0.05, 0.1) is 19.4 Å². The summed E-state index contributed by atoms with van der Waals surface area (Å²) in [4.78, 5) is 4.75. The van der Waals surface area contributed by atoms with Gasteiger partial charge in [0.15, 0.2) is 0 Å². The summed E-state index contributed by atoms with van der Waals surface area (Å²) in [7, 11) is 0. The van der Waals surface area contributed by atoms with E-state index in [0.717, 1.165) is 11.4 Å². The van der Waals surface area contributed by atoms with Crippen LogP contribution in [-0.2, 0) is 6.61 Å². The van der Waals surface area contributed by atoms with E-state index in [4.69, 9.17) is 5.10 Å². The summed E-state index contributed by atoms with van der Waals surface area (Å²) in [6.45, 7) is 5.85. The number of nitrogens with zero attached hydrogens (tertiary/aromatic N) is 3. The Labute approximate surface area is 170 Å². The Morgan fingerprint density at radius 2 is 2.00 bits per heavy atom. The van der Waals surface area contributed by atoms with Crippen molar-refractivity contribution >= 4 is 28.8 Å². The molecule has 1 atom stereocenters. The fourth-order valence-corrected chi connectivity index (χ4v) is 5.41. The molecule has 2 aromatic rings. The van der Waals surface area contributed by atoms with Crippen LogP contribution >= 0.6 is 11.3 Å². The van der Waals surface area contributed by atoms with Crippen molar-refractivity contribution in [2.75, 3.05) is 19.6 Å². The number of hydrogen-bond acceptors (Lipinski definition) is 4. The Balaban J connectivity index is 1.51. The molecule has 4 aliphatic heterocycles. The maximum absolute atomic E-state index is 9.36. The molecule has 5 heteroatoms. The summed E-state index contributed by atoms with van der Waals surface area (Å²) in [5.41, 5.74) is 5.24. The minimum atomic E-state index is 0.106. The first-order chi connectivity index (χ1) is 13.7. The van der Waals surface area contributed by atoms with E-state index in [1.807, 2.05) is 6.07 Å². The molecule has 0 amide bonds. The first-order valence-corrected chi connectivity index (χ1v) is 11.0. The van der Waals surface area contributed by atoms with Gasteiger partial charge in [0.1, 0.15) is 0 Å². The lowest BCUT2D eigenvalue weighted by Gasteiger charge is -2.37. The quantitative estimate of drug-likeness (QED) is 0.800. The maximum Gasteiger partial charge on any atom is 0.208 e. The standard InChI is InChI=1S/C23H26N3OS/c1-16-12-24-26(22-14-25-9-7-17(22)8-10-25)13-21(16)18-3-2-4-19(11-18)23-6-5-20(15-27)28-23/h2-6,11-13,16-17,27H,7-10,14-15H2,1H3/q+1. The minimum absolute atomic E-state index is 0.106. The van der Waals surface area contributed by atoms with Crippen molar-refractivity contribution in [1.29, 1.82) is 0 Å². The third-order valence-corrected chi connectivity index (χ3v) is 7.32. The van der Waals surface area contributed by atoms with Gasteiger partial charge in [-0.1, -0.05) is 29.8 Å². The van der Waals surface area contributed by atoms with Crippen molar-refractivity contribution < 1.29 is 9.79 Å². The fraction of sp³-hybridized carbons (Fsp3) is 0.391. The van der Waals surface area contributed by atoms with Gasteiger partial charge in [0.25, 0.3) is 0 Å². The second kappa shape index (κ2) is 7.39. The van der Waals surface area contributed by atoms with Crippen LogP contribution in [0.2, 0.25) is 0 Å². The van der Waals surface area contributed by atoms with Crippen molar-refractivity contribution in [2.24, 2.45) is 16.9 Å². The van der Waals surface area contributed by atoms with Crippen molar-refractivity contribution in [3.63, 3.8) is 0 Å². The Morgan fingerprint density at radius 3 is 2.71 bits per heavy atom. The highest BCUT2D eigenvalue weighted by Crippen LogP contribution is 2.33. The molecule has 3 saturated heterocycles. The van der Waals surface area contributed by atoms with E-state index >= 15 is 0 Å². The Hall–Kier alpha value is -2.08. The summed E-state index contributed by atoms with van der Waals surface area (Å²) in [6.07, 6.45) is 6.87. The van der Waals surface area contributed by atoms with Crippen LogP contribution in [-0.4, -0.2) is 46.3 Å². The van der Waals surface area contributed by atoms with Gasteiger partial charge >= 0.3 is 0 Å². The van der Waals surface area contributed by atoms with E-state index in [9.17, 15) is 5.11 Å². The lowest BCUT2D eigenvalue weighted by atomic mass is 9.86. The molecule has 28 heavy (non-hydrogen) atoms. The van der Waals surface area contributed by atoms with E-state index in [-0.39, 0.29) is 6.61 Å². The minimum Gasteiger partial charge on any atom is -0.391 e. The zero-order valence-corrected chi connectivity index (χ0v) is 17.0. The second-order valence-corrected chi connectivity index (χ2v) is 9.20. The number of hydrazone groups is 1. The number of fused-ring (bicyclic) bond motifs is 3. The largest absolute Gasteiger partial charge is 0.391 e. The molecule has 144 valence electrons. The van der Waals surface area contributed by atoms with E-state index in [1.54, 1.807) is 11.3 Å². The van der Waals surface area contributed by atoms with Gasteiger partial charge in [0.2, 0.25) is 11.9 Å². The molecule has 1 N–H and O–H groups in total. The van der Waals surface area contributed by atoms with Crippen molar-refractivity contribution in [1.82, 2.24) is 4.90 Å². The normalized spacial score (nSPS) is 29.2. The molecule has 1 unspecified atom stereocenters. The molecule has 3 fully saturated rings. The number of piperidine rings is 3. The van der Waals surface area contributed by atoms with Crippen LogP contribution in [0.25, 0.3) is 16.0 Å². The second-order valence-electron chi connectivity index (χ2n) is 8.03. The number of rotatable bonds is 3. The van der Waals surface area contributed by atoms with Crippen molar-refractivity contribution in [2.45, 2.75) is 26.4 Å². The Bertz CT molecular complexity index is 979. The first kappa shape index (κ1) is 18.0. The van der Waals surface area contributed by atoms with Crippen molar-refractivity contribution in [3.8, 4) is 10.4 Å². The highest BCUT2D eigenvalue weighted by Gasteiger charge is 2.38. The smallest absolute Gasteiger partial charge is 0.208 e. The number of allylic oxidation sites excluding steroid dienone is 1. The fourth-order valence-electron chi connectivity index (χ4n) is 4.54. The summed E-state index contributed by atoms with van der Waals surface area (Å²) in [5, 5.41) is 14.1. The van der Waals surface area contributed by atoms with Crippen LogP contribution < -0.4 is 0 Å². The van der Waals surface area contributed by atoms with Gasteiger partial charge in [-0.15, -0.1) is 11.3 Å². The maximum atomic E-state index is 9.36. The predicted molar refractivity (Wildman–Crippen MR) is 116 cm³/mol. The summed E-state index contributed by atoms with van der Waals surface area (Å²) < 4.78 is 2.16. The van der Waals surface area contributed by atoms with Crippen LogP contribution in [0, 0.1) is 11.8 Å². The summed E-state index contributed by atoms with van der Waals surface area (Å²) in [5.74, 6) is 0.979. The number of aliphatic hydroxyl groups is 1. The average molecular weight is 393 g/mol. The lowest BCUT2D eigenvalue weighted by Crippen LogP contribution is -2.50. The number of hydrogen-bond donors (Lipinski definition) is 1. The molecular weight excluding hydrogens is 366 g/mol. The highest BCUT2D eigenvalue weighted by molar-refractivity contribution is 7.15. The van der Waals surface area contributed by atoms with Crippen LogP contribution in [0.3, 0.4) is 0 Å². The van der Waals surface area contributed by atoms with Gasteiger partial charge in [0, 0.05) is 27.2 Å². The lowest BCUT2D eigenvalue weighted by molar-refractivity contribution is -0.467. The molecule has 1 aromatic heterocycles. The molecule has 1 aromatic carbocycles. The topological polar surface area (TPSA) is 38.8 Å². The molecular formula is C23H26N3OS+. The SMILES string of the molecule is CC1C=N[N+](=C2CN3CCC2CC3)C=C1c1cccc(-c2ccc(CO)s2)c1. The van der Waals surface area contributed by atoms with Gasteiger partial charge in [-0.2, -0.15) is 0 Å². The number of thiophene rings is 1. The first-order valence-electron chi connectivity index (χ1n) is 10.1. The number of benzene rings is 1. The van der Waals surface area contributed by atoms with Gasteiger partial charge in [-0.05, 0) is 60.4 Å².